The molecule has 9 nitrogen and oxygen atoms in total. The van der Waals surface area contributed by atoms with Gasteiger partial charge in [0.2, 0.25) is 5.88 Å². The number of amides is 1. The van der Waals surface area contributed by atoms with Crippen molar-refractivity contribution >= 4 is 29.8 Å². The van der Waals surface area contributed by atoms with Crippen molar-refractivity contribution in [3.63, 3.8) is 0 Å². The van der Waals surface area contributed by atoms with Crippen molar-refractivity contribution in [2.45, 2.75) is 29.4 Å². The third-order valence-electron chi connectivity index (χ3n) is 5.96. The summed E-state index contributed by atoms with van der Waals surface area (Å²) in [6.45, 7) is 2.17. The lowest BCUT2D eigenvalue weighted by Crippen LogP contribution is -2.48. The summed E-state index contributed by atoms with van der Waals surface area (Å²) >= 11 is 1.88. The molecule has 0 spiro atoms. The van der Waals surface area contributed by atoms with Crippen LogP contribution in [0.2, 0.25) is 0 Å². The number of carbonyl (C=O) groups excluding carboxylic acids is 1. The van der Waals surface area contributed by atoms with E-state index in [1.165, 1.54) is 23.9 Å². The molecule has 2 heterocycles. The number of aromatic nitrogens is 1. The van der Waals surface area contributed by atoms with Crippen molar-refractivity contribution in [1.82, 2.24) is 9.88 Å². The lowest BCUT2D eigenvalue weighted by molar-refractivity contribution is 0.0450. The zero-order chi connectivity index (χ0) is 24.3. The summed E-state index contributed by atoms with van der Waals surface area (Å²) in [4.78, 5) is 25.7. The normalized spacial score (nSPS) is 17.9. The molecule has 34 heavy (non-hydrogen) atoms. The Hall–Kier alpha value is -3.42. The molecule has 0 radical (unpaired) electrons. The first kappa shape index (κ1) is 23.7. The molecule has 1 aliphatic carbocycles. The smallest absolute Gasteiger partial charge is 0.263 e. The lowest BCUT2D eigenvalue weighted by atomic mass is 10.1. The molecule has 2 aliphatic rings. The third-order valence-corrected chi connectivity index (χ3v) is 7.59. The van der Waals surface area contributed by atoms with E-state index in [2.05, 4.69) is 5.32 Å². The van der Waals surface area contributed by atoms with Crippen LogP contribution >= 0.6 is 11.8 Å². The van der Waals surface area contributed by atoms with Crippen LogP contribution in [0.15, 0.2) is 35.1 Å². The molecule has 1 saturated carbocycles. The van der Waals surface area contributed by atoms with Crippen LogP contribution < -0.4 is 32.9 Å². The zero-order valence-electron chi connectivity index (χ0n) is 18.9. The molecule has 10 heteroatoms. The highest BCUT2D eigenvalue weighted by Crippen LogP contribution is 2.51. The zero-order valence-corrected chi connectivity index (χ0v) is 19.7. The molecule has 4 rings (SSSR count). The first-order valence-corrected chi connectivity index (χ1v) is 11.8. The Kier molecular flexibility index (Phi) is 6.86. The minimum absolute atomic E-state index is 0.0375. The monoisotopic (exact) mass is 481 g/mol. The Bertz CT molecular complexity index is 1310. The Balaban J connectivity index is 1.52. The highest BCUT2D eigenvalue weighted by atomic mass is 32.2. The van der Waals surface area contributed by atoms with E-state index in [4.69, 9.17) is 26.2 Å². The number of nitrogens with two attached hydrogens (primary N) is 2. The standard InChI is InChI=1S/C24H27N5O4S/c1-29-20(21(27)33-14-24(6-7-24)34-18-12-32-13-18)17(10-26)8-19(23(29)31)22(30)28-11-16-4-2-15(9-25)3-5-16/h2-5,8,10,18H,6-7,11-14,26-27H2,1H3,(H,28,30)/b17-10-,21-20-. The van der Waals surface area contributed by atoms with Crippen molar-refractivity contribution in [1.29, 1.82) is 5.26 Å². The molecule has 5 N–H and O–H groups in total. The van der Waals surface area contributed by atoms with E-state index in [9.17, 15) is 9.59 Å². The molecule has 0 atom stereocenters. The number of benzene rings is 1. The van der Waals surface area contributed by atoms with Crippen LogP contribution in [0, 0.1) is 11.3 Å². The number of nitrogens with one attached hydrogen (secondary N) is 1. The van der Waals surface area contributed by atoms with Crippen molar-refractivity contribution < 1.29 is 14.3 Å². The third kappa shape index (κ3) is 5.05. The van der Waals surface area contributed by atoms with Gasteiger partial charge < -0.3 is 30.8 Å². The number of nitrogens with zero attached hydrogens (tertiary/aromatic N) is 2. The molecule has 2 aromatic rings. The fourth-order valence-electron chi connectivity index (χ4n) is 3.68. The Morgan fingerprint density at radius 1 is 1.38 bits per heavy atom. The van der Waals surface area contributed by atoms with Gasteiger partial charge in [-0.2, -0.15) is 5.26 Å². The fraction of sp³-hybridized carbons (Fsp3) is 0.375. The Morgan fingerprint density at radius 2 is 2.09 bits per heavy atom. The van der Waals surface area contributed by atoms with Crippen molar-refractivity contribution in [2.24, 2.45) is 18.5 Å². The molecule has 0 unspecified atom stereocenters. The van der Waals surface area contributed by atoms with E-state index in [-0.39, 0.29) is 22.7 Å². The quantitative estimate of drug-likeness (QED) is 0.461. The van der Waals surface area contributed by atoms with E-state index in [1.807, 2.05) is 17.8 Å². The van der Waals surface area contributed by atoms with Crippen molar-refractivity contribution in [3.8, 4) is 6.07 Å². The first-order valence-electron chi connectivity index (χ1n) is 10.9. The van der Waals surface area contributed by atoms with Crippen molar-refractivity contribution in [2.75, 3.05) is 19.8 Å². The predicted octanol–water partition coefficient (Wildman–Crippen LogP) is -0.411. The maximum atomic E-state index is 13.0. The van der Waals surface area contributed by atoms with Gasteiger partial charge in [0.1, 0.15) is 17.5 Å². The molecule has 2 fully saturated rings. The Labute approximate surface area is 201 Å². The number of nitriles is 1. The lowest BCUT2D eigenvalue weighted by Gasteiger charge is -2.29. The predicted molar refractivity (Wildman–Crippen MR) is 130 cm³/mol. The molecule has 1 aliphatic heterocycles. The number of carbonyl (C=O) groups is 1. The molecular weight excluding hydrogens is 454 g/mol. The Morgan fingerprint density at radius 3 is 2.65 bits per heavy atom. The van der Waals surface area contributed by atoms with Crippen LogP contribution in [-0.2, 0) is 23.1 Å². The average Bonchev–Trinajstić information content (AvgIpc) is 3.60. The van der Waals surface area contributed by atoms with Gasteiger partial charge in [-0.15, -0.1) is 11.8 Å². The second-order valence-corrected chi connectivity index (χ2v) is 10.3. The number of hydrogen-bond acceptors (Lipinski definition) is 8. The summed E-state index contributed by atoms with van der Waals surface area (Å²) in [5.41, 5.74) is 12.8. The summed E-state index contributed by atoms with van der Waals surface area (Å²) in [6.07, 6.45) is 3.40. The molecule has 1 aromatic carbocycles. The van der Waals surface area contributed by atoms with Gasteiger partial charge in [0.25, 0.3) is 11.5 Å². The maximum absolute atomic E-state index is 13.0. The summed E-state index contributed by atoms with van der Waals surface area (Å²) in [5, 5.41) is 12.9. The highest BCUT2D eigenvalue weighted by molar-refractivity contribution is 8.01. The molecule has 178 valence electrons. The van der Waals surface area contributed by atoms with Gasteiger partial charge in [-0.05, 0) is 36.6 Å². The van der Waals surface area contributed by atoms with E-state index in [1.54, 1.807) is 24.3 Å². The van der Waals surface area contributed by atoms with Crippen LogP contribution in [0.4, 0.5) is 0 Å². The molecule has 1 amide bonds. The van der Waals surface area contributed by atoms with Gasteiger partial charge in [-0.25, -0.2) is 0 Å². The topological polar surface area (TPSA) is 145 Å². The van der Waals surface area contributed by atoms with E-state index < -0.39 is 11.5 Å². The average molecular weight is 482 g/mol. The van der Waals surface area contributed by atoms with Crippen LogP contribution in [-0.4, -0.2) is 40.3 Å². The highest BCUT2D eigenvalue weighted by Gasteiger charge is 2.47. The van der Waals surface area contributed by atoms with Gasteiger partial charge in [0.05, 0.1) is 34.8 Å². The van der Waals surface area contributed by atoms with Gasteiger partial charge in [-0.3, -0.25) is 9.59 Å². The number of hydrogen-bond donors (Lipinski definition) is 3. The largest absolute Gasteiger partial charge is 0.476 e. The van der Waals surface area contributed by atoms with Gasteiger partial charge in [-0.1, -0.05) is 12.1 Å². The summed E-state index contributed by atoms with van der Waals surface area (Å²) in [6, 6.07) is 10.3. The molecule has 0 bridgehead atoms. The summed E-state index contributed by atoms with van der Waals surface area (Å²) in [5.74, 6) is -0.437. The van der Waals surface area contributed by atoms with E-state index in [0.717, 1.165) is 31.6 Å². The second-order valence-electron chi connectivity index (χ2n) is 8.50. The number of thioether (sulfide) groups is 1. The fourth-order valence-corrected chi connectivity index (χ4v) is 5.18. The van der Waals surface area contributed by atoms with Crippen molar-refractivity contribution in [3.05, 3.63) is 67.9 Å². The van der Waals surface area contributed by atoms with Crippen LogP contribution in [0.5, 0.6) is 0 Å². The molecular formula is C24H27N5O4S. The number of pyridine rings is 1. The molecule has 1 saturated heterocycles. The van der Waals surface area contributed by atoms with Gasteiger partial charge >= 0.3 is 0 Å². The minimum Gasteiger partial charge on any atom is -0.476 e. The molecule has 1 aromatic heterocycles. The van der Waals surface area contributed by atoms with Crippen LogP contribution in [0.25, 0.3) is 12.1 Å². The first-order chi connectivity index (χ1) is 16.4. The summed E-state index contributed by atoms with van der Waals surface area (Å²) in [7, 11) is 1.53. The van der Waals surface area contributed by atoms with E-state index in [0.29, 0.717) is 28.0 Å². The number of ether oxygens (including phenoxy) is 2. The SMILES string of the molecule is Cn1c(=O)c(C(=O)NCc2ccc(C#N)cc2)cc(=C/N)/c1=C(\N)OCC1(SC2COC2)CC1. The van der Waals surface area contributed by atoms with E-state index >= 15 is 0 Å². The minimum atomic E-state index is -0.532. The van der Waals surface area contributed by atoms with Gasteiger partial charge in [0, 0.05) is 25.0 Å². The number of rotatable bonds is 8. The maximum Gasteiger partial charge on any atom is 0.263 e. The van der Waals surface area contributed by atoms with Crippen LogP contribution in [0.1, 0.15) is 34.3 Å². The van der Waals surface area contributed by atoms with Gasteiger partial charge in [0.15, 0.2) is 0 Å². The van der Waals surface area contributed by atoms with Crippen LogP contribution in [0.3, 0.4) is 0 Å². The second kappa shape index (κ2) is 9.83. The summed E-state index contributed by atoms with van der Waals surface area (Å²) < 4.78 is 12.5.